The zero-order valence-corrected chi connectivity index (χ0v) is 16.0. The Bertz CT molecular complexity index is 909. The van der Waals surface area contributed by atoms with Gasteiger partial charge in [-0.05, 0) is 57.9 Å². The van der Waals surface area contributed by atoms with Crippen molar-refractivity contribution in [3.63, 3.8) is 0 Å². The minimum absolute atomic E-state index is 0.119. The molecule has 0 spiro atoms. The average molecular weight is 428 g/mol. The Morgan fingerprint density at radius 1 is 1.04 bits per heavy atom. The van der Waals surface area contributed by atoms with E-state index in [9.17, 15) is 9.59 Å². The summed E-state index contributed by atoms with van der Waals surface area (Å²) in [4.78, 5) is 28.0. The Morgan fingerprint density at radius 3 is 2.44 bits per heavy atom. The molecule has 0 atom stereocenters. The maximum Gasteiger partial charge on any atom is 0.251 e. The Labute approximate surface area is 164 Å². The first kappa shape index (κ1) is 18.8. The van der Waals surface area contributed by atoms with Gasteiger partial charge in [0.1, 0.15) is 0 Å². The molecule has 2 aromatic heterocycles. The molecule has 0 unspecified atom stereocenters. The highest BCUT2D eigenvalue weighted by atomic mass is 79.9. The second-order valence-electron chi connectivity index (χ2n) is 5.79. The highest BCUT2D eigenvalue weighted by molar-refractivity contribution is 9.10. The predicted octanol–water partition coefficient (Wildman–Crippen LogP) is 2.47. The Balaban J connectivity index is 1.43. The molecule has 27 heavy (non-hydrogen) atoms. The van der Waals surface area contributed by atoms with Crippen LogP contribution in [0.5, 0.6) is 0 Å². The fourth-order valence-corrected chi connectivity index (χ4v) is 2.67. The summed E-state index contributed by atoms with van der Waals surface area (Å²) < 4.78 is 2.59. The molecule has 0 aliphatic heterocycles. The van der Waals surface area contributed by atoms with Gasteiger partial charge in [0, 0.05) is 43.7 Å². The van der Waals surface area contributed by atoms with Gasteiger partial charge in [0.2, 0.25) is 5.91 Å². The molecule has 3 aromatic rings. The van der Waals surface area contributed by atoms with Gasteiger partial charge in [-0.3, -0.25) is 14.6 Å². The van der Waals surface area contributed by atoms with E-state index in [1.54, 1.807) is 35.4 Å². The van der Waals surface area contributed by atoms with E-state index < -0.39 is 0 Å². The monoisotopic (exact) mass is 427 g/mol. The van der Waals surface area contributed by atoms with Crippen molar-refractivity contribution in [2.45, 2.75) is 13.0 Å². The van der Waals surface area contributed by atoms with Gasteiger partial charge in [-0.25, -0.2) is 4.68 Å². The van der Waals surface area contributed by atoms with Crippen LogP contribution >= 0.6 is 15.9 Å². The highest BCUT2D eigenvalue weighted by Gasteiger charge is 2.08. The van der Waals surface area contributed by atoms with E-state index in [4.69, 9.17) is 0 Å². The number of carbonyl (C=O) groups is 2. The van der Waals surface area contributed by atoms with Gasteiger partial charge in [0.05, 0.1) is 16.4 Å². The van der Waals surface area contributed by atoms with Crippen molar-refractivity contribution in [3.05, 3.63) is 76.8 Å². The lowest BCUT2D eigenvalue weighted by atomic mass is 10.2. The summed E-state index contributed by atoms with van der Waals surface area (Å²) in [7, 11) is 0. The number of nitrogens with zero attached hydrogens (tertiary/aromatic N) is 3. The number of amides is 2. The van der Waals surface area contributed by atoms with E-state index in [2.05, 4.69) is 36.6 Å². The van der Waals surface area contributed by atoms with Gasteiger partial charge in [0.15, 0.2) is 0 Å². The van der Waals surface area contributed by atoms with Crippen molar-refractivity contribution in [1.82, 2.24) is 25.4 Å². The molecule has 0 fully saturated rings. The third-order valence-corrected chi connectivity index (χ3v) is 4.23. The van der Waals surface area contributed by atoms with Crippen LogP contribution in [0.25, 0.3) is 5.69 Å². The van der Waals surface area contributed by atoms with E-state index in [1.807, 2.05) is 30.5 Å². The number of pyridine rings is 1. The third-order valence-electron chi connectivity index (χ3n) is 3.82. The third kappa shape index (κ3) is 5.49. The van der Waals surface area contributed by atoms with Crippen molar-refractivity contribution in [1.29, 1.82) is 0 Å². The van der Waals surface area contributed by atoms with Crippen LogP contribution in [0.2, 0.25) is 0 Å². The van der Waals surface area contributed by atoms with E-state index in [-0.39, 0.29) is 24.8 Å². The summed E-state index contributed by atoms with van der Waals surface area (Å²) in [5.41, 5.74) is 2.36. The highest BCUT2D eigenvalue weighted by Crippen LogP contribution is 2.13. The molecule has 7 nitrogen and oxygen atoms in total. The Kier molecular flexibility index (Phi) is 6.32. The Hall–Kier alpha value is -3.00. The molecule has 2 heterocycles. The number of halogens is 1. The van der Waals surface area contributed by atoms with Gasteiger partial charge in [-0.15, -0.1) is 0 Å². The van der Waals surface area contributed by atoms with Crippen molar-refractivity contribution >= 4 is 27.7 Å². The molecule has 2 amide bonds. The number of carbonyl (C=O) groups excluding carboxylic acids is 2. The van der Waals surface area contributed by atoms with Crippen molar-refractivity contribution < 1.29 is 9.59 Å². The van der Waals surface area contributed by atoms with E-state index >= 15 is 0 Å². The van der Waals surface area contributed by atoms with E-state index in [1.165, 1.54) is 0 Å². The van der Waals surface area contributed by atoms with Gasteiger partial charge in [-0.2, -0.15) is 5.10 Å². The number of benzene rings is 1. The van der Waals surface area contributed by atoms with E-state index in [0.29, 0.717) is 12.1 Å². The lowest BCUT2D eigenvalue weighted by Crippen LogP contribution is -2.30. The lowest BCUT2D eigenvalue weighted by molar-refractivity contribution is -0.121. The molecule has 0 aliphatic carbocycles. The smallest absolute Gasteiger partial charge is 0.251 e. The fourth-order valence-electron chi connectivity index (χ4n) is 2.39. The van der Waals surface area contributed by atoms with Gasteiger partial charge >= 0.3 is 0 Å². The maximum absolute atomic E-state index is 12.2. The second kappa shape index (κ2) is 9.09. The van der Waals surface area contributed by atoms with Gasteiger partial charge in [0.25, 0.3) is 5.91 Å². The number of rotatable bonds is 7. The summed E-state index contributed by atoms with van der Waals surface area (Å²) in [5, 5.41) is 9.75. The van der Waals surface area contributed by atoms with Crippen molar-refractivity contribution in [3.8, 4) is 5.69 Å². The van der Waals surface area contributed by atoms with Crippen LogP contribution in [0.1, 0.15) is 22.3 Å². The molecule has 0 radical (unpaired) electrons. The van der Waals surface area contributed by atoms with Crippen LogP contribution < -0.4 is 10.6 Å². The molecular formula is C19H18BrN5O2. The Morgan fingerprint density at radius 2 is 1.78 bits per heavy atom. The van der Waals surface area contributed by atoms with Crippen molar-refractivity contribution in [2.24, 2.45) is 0 Å². The first-order valence-electron chi connectivity index (χ1n) is 8.36. The number of nitrogens with one attached hydrogen (secondary N) is 2. The second-order valence-corrected chi connectivity index (χ2v) is 6.70. The van der Waals surface area contributed by atoms with Crippen LogP contribution in [0.3, 0.4) is 0 Å². The molecule has 0 saturated carbocycles. The molecule has 138 valence electrons. The normalized spacial score (nSPS) is 10.4. The number of hydrogen-bond donors (Lipinski definition) is 2. The first-order chi connectivity index (χ1) is 13.1. The molecule has 1 aromatic carbocycles. The minimum atomic E-state index is -0.217. The topological polar surface area (TPSA) is 88.9 Å². The largest absolute Gasteiger partial charge is 0.352 e. The maximum atomic E-state index is 12.2. The molecule has 2 N–H and O–H groups in total. The van der Waals surface area contributed by atoms with Crippen molar-refractivity contribution in [2.75, 3.05) is 6.54 Å². The van der Waals surface area contributed by atoms with Gasteiger partial charge < -0.3 is 10.6 Å². The summed E-state index contributed by atoms with van der Waals surface area (Å²) in [6.07, 6.45) is 7.10. The summed E-state index contributed by atoms with van der Waals surface area (Å²) in [5.74, 6) is -0.336. The molecular weight excluding hydrogens is 410 g/mol. The van der Waals surface area contributed by atoms with Crippen LogP contribution in [-0.2, 0) is 11.3 Å². The molecule has 0 aliphatic rings. The zero-order chi connectivity index (χ0) is 19.1. The predicted molar refractivity (Wildman–Crippen MR) is 104 cm³/mol. The van der Waals surface area contributed by atoms with Crippen LogP contribution in [0.15, 0.2) is 65.7 Å². The quantitative estimate of drug-likeness (QED) is 0.605. The van der Waals surface area contributed by atoms with E-state index in [0.717, 1.165) is 15.7 Å². The molecule has 0 saturated heterocycles. The van der Waals surface area contributed by atoms with Crippen LogP contribution in [-0.4, -0.2) is 33.1 Å². The van der Waals surface area contributed by atoms with Crippen LogP contribution in [0, 0.1) is 0 Å². The minimum Gasteiger partial charge on any atom is -0.352 e. The standard InChI is InChI=1S/C19H18BrN5O2/c20-16-12-24-25(13-16)17-3-1-15(2-4-17)19(27)22-10-7-18(26)23-11-14-5-8-21-9-6-14/h1-6,8-9,12-13H,7,10-11H2,(H,22,27)(H,23,26). The average Bonchev–Trinajstić information content (AvgIpc) is 3.13. The van der Waals surface area contributed by atoms with Crippen LogP contribution in [0.4, 0.5) is 0 Å². The SMILES string of the molecule is O=C(CCNC(=O)c1ccc(-n2cc(Br)cn2)cc1)NCc1ccncc1. The fraction of sp³-hybridized carbons (Fsp3) is 0.158. The molecule has 0 bridgehead atoms. The zero-order valence-electron chi connectivity index (χ0n) is 14.4. The molecule has 3 rings (SSSR count). The number of hydrogen-bond acceptors (Lipinski definition) is 4. The molecule has 8 heteroatoms. The van der Waals surface area contributed by atoms with Gasteiger partial charge in [-0.1, -0.05) is 0 Å². The summed E-state index contributed by atoms with van der Waals surface area (Å²) >= 11 is 3.35. The number of aromatic nitrogens is 3. The summed E-state index contributed by atoms with van der Waals surface area (Å²) in [6.45, 7) is 0.717. The first-order valence-corrected chi connectivity index (χ1v) is 9.15. The lowest BCUT2D eigenvalue weighted by Gasteiger charge is -2.07. The summed E-state index contributed by atoms with van der Waals surface area (Å²) in [6, 6.07) is 10.8.